The summed E-state index contributed by atoms with van der Waals surface area (Å²) in [6.07, 6.45) is 3.13. The average Bonchev–Trinajstić information content (AvgIpc) is 3.52. The summed E-state index contributed by atoms with van der Waals surface area (Å²) in [6.45, 7) is 1.49. The molecule has 0 unspecified atom stereocenters. The van der Waals surface area contributed by atoms with Crippen molar-refractivity contribution in [1.29, 1.82) is 0 Å². The van der Waals surface area contributed by atoms with Crippen molar-refractivity contribution < 1.29 is 23.9 Å². The zero-order chi connectivity index (χ0) is 24.8. The average molecular weight is 512 g/mol. The first-order valence-corrected chi connectivity index (χ1v) is 12.7. The maximum atomic E-state index is 13.2. The number of thiophene rings is 1. The van der Waals surface area contributed by atoms with Gasteiger partial charge in [0.1, 0.15) is 5.00 Å². The highest BCUT2D eigenvalue weighted by Crippen LogP contribution is 2.42. The van der Waals surface area contributed by atoms with E-state index >= 15 is 0 Å². The normalized spacial score (nSPS) is 14.3. The lowest BCUT2D eigenvalue weighted by Gasteiger charge is -2.27. The summed E-state index contributed by atoms with van der Waals surface area (Å²) in [5.41, 5.74) is 1.26. The van der Waals surface area contributed by atoms with Crippen LogP contribution < -0.4 is 5.32 Å². The minimum Gasteiger partial charge on any atom is -0.462 e. The van der Waals surface area contributed by atoms with Crippen molar-refractivity contribution in [3.63, 3.8) is 0 Å². The second-order valence-corrected chi connectivity index (χ2v) is 9.85. The molecule has 0 saturated heterocycles. The third-order valence-corrected chi connectivity index (χ3v) is 7.47. The molecule has 0 spiro atoms. The van der Waals surface area contributed by atoms with E-state index in [1.54, 1.807) is 25.1 Å². The topological polar surface area (TPSA) is 81.7 Å². The fourth-order valence-electron chi connectivity index (χ4n) is 4.38. The van der Waals surface area contributed by atoms with Crippen LogP contribution >= 0.6 is 22.9 Å². The monoisotopic (exact) mass is 511 g/mol. The molecule has 3 aromatic rings. The smallest absolute Gasteiger partial charge is 0.341 e. The maximum absolute atomic E-state index is 13.2. The Morgan fingerprint density at radius 1 is 1.00 bits per heavy atom. The fourth-order valence-corrected chi connectivity index (χ4v) is 5.57. The van der Waals surface area contributed by atoms with Crippen LogP contribution in [-0.4, -0.2) is 31.1 Å². The standard InChI is InChI=1S/C27H26ClNO5S/c1-2-33-25(31)21-16-22(18-8-4-3-5-9-18)35-24(21)29-23(30)17-34-26(32)27(14-6-7-15-27)19-10-12-20(28)13-11-19/h3-5,8-13,16H,2,6-7,14-15,17H2,1H3,(H,29,30). The summed E-state index contributed by atoms with van der Waals surface area (Å²) in [5.74, 6) is -1.46. The second kappa shape index (κ2) is 11.1. The van der Waals surface area contributed by atoms with Crippen LogP contribution in [0.5, 0.6) is 0 Å². The Bertz CT molecular complexity index is 1200. The van der Waals surface area contributed by atoms with E-state index in [0.717, 1.165) is 28.8 Å². The molecule has 1 N–H and O–H groups in total. The predicted octanol–water partition coefficient (Wildman–Crippen LogP) is 6.24. The molecule has 2 aromatic carbocycles. The lowest BCUT2D eigenvalue weighted by Crippen LogP contribution is -2.36. The number of esters is 2. The summed E-state index contributed by atoms with van der Waals surface area (Å²) in [5, 5.41) is 3.68. The number of hydrogen-bond donors (Lipinski definition) is 1. The van der Waals surface area contributed by atoms with Gasteiger partial charge in [-0.15, -0.1) is 11.3 Å². The molecule has 6 nitrogen and oxygen atoms in total. The third kappa shape index (κ3) is 5.57. The van der Waals surface area contributed by atoms with Gasteiger partial charge in [0.2, 0.25) is 0 Å². The lowest BCUT2D eigenvalue weighted by atomic mass is 9.79. The molecular weight excluding hydrogens is 486 g/mol. The van der Waals surface area contributed by atoms with Gasteiger partial charge in [-0.1, -0.05) is 66.9 Å². The summed E-state index contributed by atoms with van der Waals surface area (Å²) in [4.78, 5) is 39.2. The third-order valence-electron chi connectivity index (χ3n) is 6.12. The van der Waals surface area contributed by atoms with E-state index in [2.05, 4.69) is 5.32 Å². The zero-order valence-electron chi connectivity index (χ0n) is 19.3. The molecule has 8 heteroatoms. The Labute approximate surface area is 213 Å². The summed E-state index contributed by atoms with van der Waals surface area (Å²) in [7, 11) is 0. The van der Waals surface area contributed by atoms with Gasteiger partial charge in [-0.3, -0.25) is 9.59 Å². The number of amides is 1. The molecule has 1 aliphatic rings. The Balaban J connectivity index is 1.48. The van der Waals surface area contributed by atoms with Crippen LogP contribution in [0.15, 0.2) is 60.7 Å². The summed E-state index contributed by atoms with van der Waals surface area (Å²) in [6, 6.07) is 18.5. The van der Waals surface area contributed by atoms with E-state index in [-0.39, 0.29) is 12.2 Å². The highest BCUT2D eigenvalue weighted by molar-refractivity contribution is 7.20. The van der Waals surface area contributed by atoms with Gasteiger partial charge in [0.15, 0.2) is 6.61 Å². The van der Waals surface area contributed by atoms with Crippen molar-refractivity contribution in [3.05, 3.63) is 76.8 Å². The molecule has 0 atom stereocenters. The summed E-state index contributed by atoms with van der Waals surface area (Å²) < 4.78 is 10.6. The van der Waals surface area contributed by atoms with Crippen molar-refractivity contribution in [2.75, 3.05) is 18.5 Å². The van der Waals surface area contributed by atoms with E-state index < -0.39 is 29.9 Å². The lowest BCUT2D eigenvalue weighted by molar-refractivity contribution is -0.153. The van der Waals surface area contributed by atoms with Crippen LogP contribution in [0.3, 0.4) is 0 Å². The van der Waals surface area contributed by atoms with Crippen LogP contribution in [0.4, 0.5) is 5.00 Å². The summed E-state index contributed by atoms with van der Waals surface area (Å²) >= 11 is 7.28. The zero-order valence-corrected chi connectivity index (χ0v) is 20.9. The van der Waals surface area contributed by atoms with Crippen LogP contribution in [0.25, 0.3) is 10.4 Å². The van der Waals surface area contributed by atoms with E-state index in [0.29, 0.717) is 22.9 Å². The largest absolute Gasteiger partial charge is 0.462 e. The number of carbonyl (C=O) groups is 3. The van der Waals surface area contributed by atoms with Gasteiger partial charge < -0.3 is 14.8 Å². The quantitative estimate of drug-likeness (QED) is 0.362. The van der Waals surface area contributed by atoms with E-state index in [1.807, 2.05) is 42.5 Å². The molecule has 1 fully saturated rings. The molecule has 0 radical (unpaired) electrons. The van der Waals surface area contributed by atoms with Crippen LogP contribution in [0.1, 0.15) is 48.5 Å². The predicted molar refractivity (Wildman–Crippen MR) is 137 cm³/mol. The molecule has 0 aliphatic heterocycles. The Morgan fingerprint density at radius 2 is 1.69 bits per heavy atom. The van der Waals surface area contributed by atoms with Gasteiger partial charge in [-0.25, -0.2) is 4.79 Å². The molecule has 1 aliphatic carbocycles. The number of carbonyl (C=O) groups excluding carboxylic acids is 3. The highest BCUT2D eigenvalue weighted by atomic mass is 35.5. The number of rotatable bonds is 8. The molecule has 4 rings (SSSR count). The fraction of sp³-hybridized carbons (Fsp3) is 0.296. The van der Waals surface area contributed by atoms with Crippen molar-refractivity contribution in [2.45, 2.75) is 38.0 Å². The second-order valence-electron chi connectivity index (χ2n) is 8.36. The first kappa shape index (κ1) is 24.9. The molecule has 1 amide bonds. The van der Waals surface area contributed by atoms with Crippen LogP contribution in [-0.2, 0) is 24.5 Å². The number of ether oxygens (including phenoxy) is 2. The van der Waals surface area contributed by atoms with Crippen molar-refractivity contribution in [1.82, 2.24) is 0 Å². The SMILES string of the molecule is CCOC(=O)c1cc(-c2ccccc2)sc1NC(=O)COC(=O)C1(c2ccc(Cl)cc2)CCCC1. The number of halogens is 1. The van der Waals surface area contributed by atoms with Gasteiger partial charge >= 0.3 is 11.9 Å². The number of hydrogen-bond acceptors (Lipinski definition) is 6. The number of benzene rings is 2. The molecule has 0 bridgehead atoms. The Hall–Kier alpha value is -3.16. The van der Waals surface area contributed by atoms with E-state index in [1.165, 1.54) is 11.3 Å². The number of nitrogens with one attached hydrogen (secondary N) is 1. The van der Waals surface area contributed by atoms with Crippen molar-refractivity contribution in [2.24, 2.45) is 0 Å². The molecular formula is C27H26ClNO5S. The van der Waals surface area contributed by atoms with Gasteiger partial charge in [0, 0.05) is 9.90 Å². The minimum atomic E-state index is -0.773. The number of anilines is 1. The molecule has 1 saturated carbocycles. The van der Waals surface area contributed by atoms with E-state index in [4.69, 9.17) is 21.1 Å². The van der Waals surface area contributed by atoms with E-state index in [9.17, 15) is 14.4 Å². The van der Waals surface area contributed by atoms with Crippen molar-refractivity contribution in [3.8, 4) is 10.4 Å². The Kier molecular flexibility index (Phi) is 7.88. The molecule has 1 aromatic heterocycles. The Morgan fingerprint density at radius 3 is 2.34 bits per heavy atom. The first-order chi connectivity index (χ1) is 16.9. The van der Waals surface area contributed by atoms with Gasteiger partial charge in [-0.05, 0) is 49.1 Å². The van der Waals surface area contributed by atoms with Gasteiger partial charge in [0.25, 0.3) is 5.91 Å². The molecule has 182 valence electrons. The van der Waals surface area contributed by atoms with Crippen LogP contribution in [0, 0.1) is 0 Å². The van der Waals surface area contributed by atoms with Gasteiger partial charge in [0.05, 0.1) is 17.6 Å². The first-order valence-electron chi connectivity index (χ1n) is 11.5. The maximum Gasteiger partial charge on any atom is 0.341 e. The highest BCUT2D eigenvalue weighted by Gasteiger charge is 2.44. The van der Waals surface area contributed by atoms with Gasteiger partial charge in [-0.2, -0.15) is 0 Å². The van der Waals surface area contributed by atoms with Crippen molar-refractivity contribution >= 4 is 45.8 Å². The molecule has 35 heavy (non-hydrogen) atoms. The molecule has 1 heterocycles. The van der Waals surface area contributed by atoms with Crippen LogP contribution in [0.2, 0.25) is 5.02 Å². The minimum absolute atomic E-state index is 0.215.